The predicted octanol–water partition coefficient (Wildman–Crippen LogP) is 3.31. The topological polar surface area (TPSA) is 22.1 Å². The summed E-state index contributed by atoms with van der Waals surface area (Å²) in [4.78, 5) is 4.51. The zero-order valence-electron chi connectivity index (χ0n) is 10.8. The van der Waals surface area contributed by atoms with Crippen molar-refractivity contribution in [2.75, 3.05) is 7.11 Å². The molecule has 92 valence electrons. The average Bonchev–Trinajstić information content (AvgIpc) is 2.40. The fourth-order valence-electron chi connectivity index (χ4n) is 2.24. The second-order valence-electron chi connectivity index (χ2n) is 4.68. The third-order valence-corrected chi connectivity index (χ3v) is 3.49. The zero-order valence-corrected chi connectivity index (χ0v) is 10.8. The maximum atomic E-state index is 5.36. The van der Waals surface area contributed by atoms with Crippen LogP contribution in [0.2, 0.25) is 0 Å². The Hall–Kier alpha value is -1.15. The van der Waals surface area contributed by atoms with E-state index in [0.29, 0.717) is 6.10 Å². The Balaban J connectivity index is 1.94. The lowest BCUT2D eigenvalue weighted by Gasteiger charge is -2.20. The van der Waals surface area contributed by atoms with Crippen LogP contribution in [0.5, 0.6) is 0 Å². The second kappa shape index (κ2) is 5.97. The minimum absolute atomic E-state index is 0.425. The van der Waals surface area contributed by atoms with E-state index in [1.54, 1.807) is 7.11 Å². The van der Waals surface area contributed by atoms with Crippen LogP contribution in [0.4, 0.5) is 0 Å². The molecule has 0 amide bonds. The number of hydrogen-bond donors (Lipinski definition) is 0. The van der Waals surface area contributed by atoms with Crippen LogP contribution in [0.15, 0.2) is 30.0 Å². The lowest BCUT2D eigenvalue weighted by Crippen LogP contribution is -2.14. The van der Waals surface area contributed by atoms with Crippen molar-refractivity contribution >= 4 is 0 Å². The molecule has 1 aromatic heterocycles. The molecule has 2 nitrogen and oxygen atoms in total. The van der Waals surface area contributed by atoms with Crippen LogP contribution in [0.1, 0.15) is 37.4 Å². The molecule has 0 aromatic carbocycles. The van der Waals surface area contributed by atoms with Crippen LogP contribution < -0.4 is 0 Å². The molecule has 1 aromatic rings. The maximum Gasteiger partial charge on any atom is 0.0608 e. The van der Waals surface area contributed by atoms with Crippen molar-refractivity contribution in [2.45, 2.75) is 45.1 Å². The van der Waals surface area contributed by atoms with Crippen LogP contribution >= 0.6 is 0 Å². The minimum atomic E-state index is 0.425. The van der Waals surface area contributed by atoms with Crippen LogP contribution in [0, 0.1) is 0 Å². The number of rotatable bonds is 4. The predicted molar refractivity (Wildman–Crippen MR) is 70.1 cm³/mol. The summed E-state index contributed by atoms with van der Waals surface area (Å²) in [5.41, 5.74) is 4.00. The number of methoxy groups -OCH3 is 1. The Bertz CT molecular complexity index is 380. The summed E-state index contributed by atoms with van der Waals surface area (Å²) in [6, 6.07) is 4.34. The molecule has 1 unspecified atom stereocenters. The molecule has 0 saturated heterocycles. The van der Waals surface area contributed by atoms with Crippen molar-refractivity contribution in [1.82, 2.24) is 4.98 Å². The van der Waals surface area contributed by atoms with Crippen molar-refractivity contribution < 1.29 is 4.74 Å². The smallest absolute Gasteiger partial charge is 0.0608 e. The third-order valence-electron chi connectivity index (χ3n) is 3.49. The fraction of sp³-hybridized carbons (Fsp3) is 0.533. The number of nitrogens with zero attached hydrogens (tertiary/aromatic N) is 1. The van der Waals surface area contributed by atoms with E-state index < -0.39 is 0 Å². The van der Waals surface area contributed by atoms with Crippen molar-refractivity contribution in [3.05, 3.63) is 41.2 Å². The first-order valence-corrected chi connectivity index (χ1v) is 6.46. The van der Waals surface area contributed by atoms with E-state index >= 15 is 0 Å². The van der Waals surface area contributed by atoms with Gasteiger partial charge in [0.15, 0.2) is 0 Å². The van der Waals surface area contributed by atoms with Crippen molar-refractivity contribution in [1.29, 1.82) is 0 Å². The van der Waals surface area contributed by atoms with Gasteiger partial charge in [-0.15, -0.1) is 0 Å². The lowest BCUT2D eigenvalue weighted by molar-refractivity contribution is 0.0938. The third kappa shape index (κ3) is 3.40. The van der Waals surface area contributed by atoms with Crippen LogP contribution in [0.25, 0.3) is 0 Å². The summed E-state index contributed by atoms with van der Waals surface area (Å²) in [6.07, 6.45) is 10.2. The summed E-state index contributed by atoms with van der Waals surface area (Å²) in [7, 11) is 1.80. The molecule has 1 aliphatic rings. The van der Waals surface area contributed by atoms with Gasteiger partial charge >= 0.3 is 0 Å². The second-order valence-corrected chi connectivity index (χ2v) is 4.68. The SMILES string of the molecule is CCc1ccc(CC2=CCC(OC)CC2)nc1. The summed E-state index contributed by atoms with van der Waals surface area (Å²) < 4.78 is 5.36. The molecule has 0 spiro atoms. The van der Waals surface area contributed by atoms with Crippen LogP contribution in [-0.2, 0) is 17.6 Å². The standard InChI is InChI=1S/C15H21NO/c1-3-12-4-7-14(16-11-12)10-13-5-8-15(17-2)9-6-13/h4-5,7,11,15H,3,6,8-10H2,1-2H3. The van der Waals surface area contributed by atoms with E-state index in [1.165, 1.54) is 16.8 Å². The molecule has 17 heavy (non-hydrogen) atoms. The van der Waals surface area contributed by atoms with Gasteiger partial charge in [0.1, 0.15) is 0 Å². The Labute approximate surface area is 104 Å². The number of aromatic nitrogens is 1. The highest BCUT2D eigenvalue weighted by Crippen LogP contribution is 2.22. The number of pyridine rings is 1. The lowest BCUT2D eigenvalue weighted by atomic mass is 9.94. The van der Waals surface area contributed by atoms with Crippen LogP contribution in [-0.4, -0.2) is 18.2 Å². The molecule has 1 atom stereocenters. The molecule has 0 aliphatic heterocycles. The first kappa shape index (κ1) is 12.3. The first-order valence-electron chi connectivity index (χ1n) is 6.46. The highest BCUT2D eigenvalue weighted by Gasteiger charge is 2.13. The summed E-state index contributed by atoms with van der Waals surface area (Å²) in [5, 5.41) is 0. The Morgan fingerprint density at radius 2 is 2.29 bits per heavy atom. The molecular formula is C15H21NO. The zero-order chi connectivity index (χ0) is 12.1. The summed E-state index contributed by atoms with van der Waals surface area (Å²) in [5.74, 6) is 0. The largest absolute Gasteiger partial charge is 0.381 e. The quantitative estimate of drug-likeness (QED) is 0.742. The summed E-state index contributed by atoms with van der Waals surface area (Å²) >= 11 is 0. The van der Waals surface area contributed by atoms with Crippen molar-refractivity contribution in [3.8, 4) is 0 Å². The van der Waals surface area contributed by atoms with Gasteiger partial charge in [0.25, 0.3) is 0 Å². The van der Waals surface area contributed by atoms with E-state index in [2.05, 4.69) is 30.1 Å². The van der Waals surface area contributed by atoms with Gasteiger partial charge in [-0.3, -0.25) is 4.98 Å². The number of allylic oxidation sites excluding steroid dienone is 1. The van der Waals surface area contributed by atoms with Gasteiger partial charge < -0.3 is 4.74 Å². The summed E-state index contributed by atoms with van der Waals surface area (Å²) in [6.45, 7) is 2.16. The van der Waals surface area contributed by atoms with Gasteiger partial charge in [-0.25, -0.2) is 0 Å². The Morgan fingerprint density at radius 3 is 2.82 bits per heavy atom. The monoisotopic (exact) mass is 231 g/mol. The number of hydrogen-bond acceptors (Lipinski definition) is 2. The molecule has 0 N–H and O–H groups in total. The highest BCUT2D eigenvalue weighted by molar-refractivity contribution is 5.20. The Morgan fingerprint density at radius 1 is 1.41 bits per heavy atom. The van der Waals surface area contributed by atoms with Gasteiger partial charge in [-0.05, 0) is 37.3 Å². The minimum Gasteiger partial charge on any atom is -0.381 e. The van der Waals surface area contributed by atoms with Crippen molar-refractivity contribution in [2.24, 2.45) is 0 Å². The van der Waals surface area contributed by atoms with Gasteiger partial charge in [0.2, 0.25) is 0 Å². The maximum absolute atomic E-state index is 5.36. The highest BCUT2D eigenvalue weighted by atomic mass is 16.5. The number of ether oxygens (including phenoxy) is 1. The van der Waals surface area contributed by atoms with Gasteiger partial charge in [0, 0.05) is 25.4 Å². The van der Waals surface area contributed by atoms with Gasteiger partial charge in [-0.2, -0.15) is 0 Å². The molecular weight excluding hydrogens is 210 g/mol. The van der Waals surface area contributed by atoms with E-state index in [1.807, 2.05) is 6.20 Å². The molecule has 1 aliphatic carbocycles. The van der Waals surface area contributed by atoms with E-state index in [0.717, 1.165) is 32.1 Å². The van der Waals surface area contributed by atoms with E-state index in [4.69, 9.17) is 4.74 Å². The molecule has 0 radical (unpaired) electrons. The van der Waals surface area contributed by atoms with E-state index in [9.17, 15) is 0 Å². The Kier molecular flexibility index (Phi) is 4.32. The molecule has 0 saturated carbocycles. The molecule has 1 heterocycles. The van der Waals surface area contributed by atoms with Gasteiger partial charge in [-0.1, -0.05) is 24.6 Å². The van der Waals surface area contributed by atoms with Crippen LogP contribution in [0.3, 0.4) is 0 Å². The number of aryl methyl sites for hydroxylation is 1. The van der Waals surface area contributed by atoms with E-state index in [-0.39, 0.29) is 0 Å². The van der Waals surface area contributed by atoms with Crippen molar-refractivity contribution in [3.63, 3.8) is 0 Å². The van der Waals surface area contributed by atoms with Gasteiger partial charge in [0.05, 0.1) is 6.10 Å². The average molecular weight is 231 g/mol. The molecule has 2 rings (SSSR count). The fourth-order valence-corrected chi connectivity index (χ4v) is 2.24. The molecule has 0 fully saturated rings. The molecule has 2 heteroatoms. The molecule has 0 bridgehead atoms. The first-order chi connectivity index (χ1) is 8.31. The normalized spacial score (nSPS) is 20.1.